The molecule has 3 aromatic rings. The predicted molar refractivity (Wildman–Crippen MR) is 105 cm³/mol. The Hall–Kier alpha value is -3.35. The van der Waals surface area contributed by atoms with E-state index in [0.717, 1.165) is 23.9 Å². The standard InChI is InChI=1S/C20H21N5O2/c26-19(11-12-25-13-21-17-3-1-2-4-18(17)25)22-14-5-7-15(8-6-14)23-20(27)24-16-9-10-16/h1-8,13,16H,9-12H2,(H,22,26)(H2,23,24,27). The molecule has 0 bridgehead atoms. The number of aromatic nitrogens is 2. The van der Waals surface area contributed by atoms with Crippen LogP contribution in [0.1, 0.15) is 19.3 Å². The summed E-state index contributed by atoms with van der Waals surface area (Å²) in [4.78, 5) is 28.3. The van der Waals surface area contributed by atoms with E-state index in [-0.39, 0.29) is 11.9 Å². The van der Waals surface area contributed by atoms with Gasteiger partial charge < -0.3 is 20.5 Å². The maximum absolute atomic E-state index is 12.2. The third-order valence-corrected chi connectivity index (χ3v) is 4.45. The molecule has 0 spiro atoms. The molecule has 0 unspecified atom stereocenters. The van der Waals surface area contributed by atoms with Crippen molar-refractivity contribution in [1.82, 2.24) is 14.9 Å². The number of aryl methyl sites for hydroxylation is 1. The van der Waals surface area contributed by atoms with E-state index in [2.05, 4.69) is 20.9 Å². The summed E-state index contributed by atoms with van der Waals surface area (Å²) in [7, 11) is 0. The van der Waals surface area contributed by atoms with Gasteiger partial charge in [-0.2, -0.15) is 0 Å². The van der Waals surface area contributed by atoms with E-state index < -0.39 is 0 Å². The van der Waals surface area contributed by atoms with Gasteiger partial charge in [-0.05, 0) is 49.2 Å². The van der Waals surface area contributed by atoms with Crippen LogP contribution >= 0.6 is 0 Å². The predicted octanol–water partition coefficient (Wildman–Crippen LogP) is 3.35. The van der Waals surface area contributed by atoms with Gasteiger partial charge in [0.2, 0.25) is 5.91 Å². The Morgan fingerprint density at radius 3 is 2.44 bits per heavy atom. The molecule has 1 fully saturated rings. The van der Waals surface area contributed by atoms with Crippen LogP contribution in [-0.4, -0.2) is 27.5 Å². The topological polar surface area (TPSA) is 88.1 Å². The molecule has 4 rings (SSSR count). The molecule has 2 aromatic carbocycles. The Morgan fingerprint density at radius 1 is 1.00 bits per heavy atom. The van der Waals surface area contributed by atoms with Crippen molar-refractivity contribution in [3.63, 3.8) is 0 Å². The average molecular weight is 363 g/mol. The number of benzene rings is 2. The second-order valence-corrected chi connectivity index (χ2v) is 6.67. The Bertz CT molecular complexity index is 960. The first-order chi connectivity index (χ1) is 13.2. The molecule has 3 N–H and O–H groups in total. The number of amides is 3. The Morgan fingerprint density at radius 2 is 1.70 bits per heavy atom. The zero-order chi connectivity index (χ0) is 18.6. The molecule has 0 atom stereocenters. The Kier molecular flexibility index (Phi) is 4.74. The molecule has 1 aliphatic rings. The van der Waals surface area contributed by atoms with Crippen LogP contribution < -0.4 is 16.0 Å². The van der Waals surface area contributed by atoms with Gasteiger partial charge in [0.25, 0.3) is 0 Å². The highest BCUT2D eigenvalue weighted by atomic mass is 16.2. The molecule has 1 saturated carbocycles. The van der Waals surface area contributed by atoms with Crippen LogP contribution in [0.2, 0.25) is 0 Å². The zero-order valence-electron chi connectivity index (χ0n) is 14.8. The summed E-state index contributed by atoms with van der Waals surface area (Å²) in [6, 6.07) is 15.1. The van der Waals surface area contributed by atoms with Gasteiger partial charge in [0.15, 0.2) is 0 Å². The molecule has 27 heavy (non-hydrogen) atoms. The number of fused-ring (bicyclic) bond motifs is 1. The zero-order valence-corrected chi connectivity index (χ0v) is 14.8. The molecule has 7 heteroatoms. The molecule has 0 radical (unpaired) electrons. The lowest BCUT2D eigenvalue weighted by Crippen LogP contribution is -2.30. The summed E-state index contributed by atoms with van der Waals surface area (Å²) in [5.41, 5.74) is 3.33. The Labute approximate surface area is 156 Å². The van der Waals surface area contributed by atoms with E-state index in [1.807, 2.05) is 28.8 Å². The minimum Gasteiger partial charge on any atom is -0.335 e. The van der Waals surface area contributed by atoms with Crippen molar-refractivity contribution in [2.24, 2.45) is 0 Å². The molecular formula is C20H21N5O2. The fourth-order valence-electron chi connectivity index (χ4n) is 2.85. The number of anilines is 2. The van der Waals surface area contributed by atoms with Crippen LogP contribution in [0.3, 0.4) is 0 Å². The Balaban J connectivity index is 1.28. The van der Waals surface area contributed by atoms with Gasteiger partial charge in [0, 0.05) is 30.4 Å². The van der Waals surface area contributed by atoms with Gasteiger partial charge in [-0.1, -0.05) is 12.1 Å². The highest BCUT2D eigenvalue weighted by Crippen LogP contribution is 2.19. The smallest absolute Gasteiger partial charge is 0.319 e. The first-order valence-corrected chi connectivity index (χ1v) is 9.05. The van der Waals surface area contributed by atoms with Crippen LogP contribution in [0.5, 0.6) is 0 Å². The minimum atomic E-state index is -0.193. The largest absolute Gasteiger partial charge is 0.335 e. The summed E-state index contributed by atoms with van der Waals surface area (Å²) in [6.07, 6.45) is 4.20. The molecule has 1 aromatic heterocycles. The molecule has 7 nitrogen and oxygen atoms in total. The maximum Gasteiger partial charge on any atom is 0.319 e. The third kappa shape index (κ3) is 4.44. The number of hydrogen-bond donors (Lipinski definition) is 3. The van der Waals surface area contributed by atoms with Gasteiger partial charge in [-0.15, -0.1) is 0 Å². The number of para-hydroxylation sites is 2. The highest BCUT2D eigenvalue weighted by Gasteiger charge is 2.23. The molecule has 0 aliphatic heterocycles. The quantitative estimate of drug-likeness (QED) is 0.627. The van der Waals surface area contributed by atoms with Crippen molar-refractivity contribution in [3.8, 4) is 0 Å². The summed E-state index contributed by atoms with van der Waals surface area (Å²) in [6.45, 7) is 0.563. The van der Waals surface area contributed by atoms with Gasteiger partial charge in [-0.3, -0.25) is 4.79 Å². The van der Waals surface area contributed by atoms with Gasteiger partial charge >= 0.3 is 6.03 Å². The number of hydrogen-bond acceptors (Lipinski definition) is 3. The van der Waals surface area contributed by atoms with Crippen LogP contribution in [0.4, 0.5) is 16.2 Å². The van der Waals surface area contributed by atoms with E-state index in [1.165, 1.54) is 0 Å². The number of carbonyl (C=O) groups is 2. The number of nitrogens with one attached hydrogen (secondary N) is 3. The maximum atomic E-state index is 12.2. The van der Waals surface area contributed by atoms with Crippen molar-refractivity contribution in [3.05, 3.63) is 54.9 Å². The number of rotatable bonds is 6. The molecule has 0 saturated heterocycles. The number of urea groups is 1. The summed E-state index contributed by atoms with van der Waals surface area (Å²) >= 11 is 0. The van der Waals surface area contributed by atoms with Crippen LogP contribution in [-0.2, 0) is 11.3 Å². The number of carbonyl (C=O) groups excluding carboxylic acids is 2. The SMILES string of the molecule is O=C(CCn1cnc2ccccc21)Nc1ccc(NC(=O)NC2CC2)cc1. The molecule has 1 aliphatic carbocycles. The van der Waals surface area contributed by atoms with Crippen molar-refractivity contribution in [2.75, 3.05) is 10.6 Å². The number of imidazole rings is 1. The normalized spacial score (nSPS) is 13.3. The van der Waals surface area contributed by atoms with Crippen molar-refractivity contribution in [2.45, 2.75) is 31.8 Å². The molecule has 138 valence electrons. The lowest BCUT2D eigenvalue weighted by molar-refractivity contribution is -0.116. The second kappa shape index (κ2) is 7.49. The van der Waals surface area contributed by atoms with E-state index in [0.29, 0.717) is 30.4 Å². The van der Waals surface area contributed by atoms with Crippen LogP contribution in [0.15, 0.2) is 54.9 Å². The van der Waals surface area contributed by atoms with Gasteiger partial charge in [0.1, 0.15) is 0 Å². The highest BCUT2D eigenvalue weighted by molar-refractivity contribution is 5.92. The second-order valence-electron chi connectivity index (χ2n) is 6.67. The average Bonchev–Trinajstić information content (AvgIpc) is 3.38. The third-order valence-electron chi connectivity index (χ3n) is 4.45. The monoisotopic (exact) mass is 363 g/mol. The first-order valence-electron chi connectivity index (χ1n) is 9.05. The van der Waals surface area contributed by atoms with Crippen molar-refractivity contribution in [1.29, 1.82) is 0 Å². The first kappa shape index (κ1) is 17.1. The lowest BCUT2D eigenvalue weighted by atomic mass is 10.2. The van der Waals surface area contributed by atoms with Crippen molar-refractivity contribution < 1.29 is 9.59 Å². The van der Waals surface area contributed by atoms with Crippen LogP contribution in [0, 0.1) is 0 Å². The molecule has 3 amide bonds. The fraction of sp³-hybridized carbons (Fsp3) is 0.250. The molecule has 1 heterocycles. The lowest BCUT2D eigenvalue weighted by Gasteiger charge is -2.09. The summed E-state index contributed by atoms with van der Waals surface area (Å²) in [5.74, 6) is -0.0695. The van der Waals surface area contributed by atoms with E-state index in [1.54, 1.807) is 30.6 Å². The van der Waals surface area contributed by atoms with Gasteiger partial charge in [-0.25, -0.2) is 9.78 Å². The summed E-state index contributed by atoms with van der Waals surface area (Å²) in [5, 5.41) is 8.52. The number of nitrogens with zero attached hydrogens (tertiary/aromatic N) is 2. The van der Waals surface area contributed by atoms with E-state index >= 15 is 0 Å². The van der Waals surface area contributed by atoms with E-state index in [9.17, 15) is 9.59 Å². The summed E-state index contributed by atoms with van der Waals surface area (Å²) < 4.78 is 1.97. The van der Waals surface area contributed by atoms with Crippen LogP contribution in [0.25, 0.3) is 11.0 Å². The minimum absolute atomic E-state index is 0.0695. The fourth-order valence-corrected chi connectivity index (χ4v) is 2.85. The van der Waals surface area contributed by atoms with Crippen molar-refractivity contribution >= 4 is 34.3 Å². The van der Waals surface area contributed by atoms with E-state index in [4.69, 9.17) is 0 Å². The van der Waals surface area contributed by atoms with Gasteiger partial charge in [0.05, 0.1) is 17.4 Å². The molecular weight excluding hydrogens is 342 g/mol.